The third-order valence-corrected chi connectivity index (χ3v) is 4.57. The Morgan fingerprint density at radius 1 is 1.08 bits per heavy atom. The van der Waals surface area contributed by atoms with Gasteiger partial charge in [0.15, 0.2) is 0 Å². The number of nitro benzene ring substituents is 1. The molecule has 0 bridgehead atoms. The van der Waals surface area contributed by atoms with Crippen molar-refractivity contribution in [2.75, 3.05) is 13.2 Å². The van der Waals surface area contributed by atoms with E-state index in [1.807, 2.05) is 31.2 Å². The predicted octanol–water partition coefficient (Wildman–Crippen LogP) is 2.40. The third kappa shape index (κ3) is 5.64. The molecule has 128 valence electrons. The van der Waals surface area contributed by atoms with Crippen LogP contribution in [0.4, 0.5) is 5.69 Å². The lowest BCUT2D eigenvalue weighted by atomic mass is 10.2. The molecule has 2 aromatic carbocycles. The van der Waals surface area contributed by atoms with E-state index in [9.17, 15) is 18.5 Å². The predicted molar refractivity (Wildman–Crippen MR) is 90.4 cm³/mol. The van der Waals surface area contributed by atoms with E-state index in [2.05, 4.69) is 4.72 Å². The Hall–Kier alpha value is -2.45. The fraction of sp³-hybridized carbons (Fsp3) is 0.250. The molecule has 0 aromatic heterocycles. The fourth-order valence-corrected chi connectivity index (χ4v) is 3.11. The van der Waals surface area contributed by atoms with Crippen LogP contribution in [0.5, 0.6) is 5.75 Å². The number of nitrogens with one attached hydrogen (secondary N) is 1. The van der Waals surface area contributed by atoms with Crippen LogP contribution in [0.3, 0.4) is 0 Å². The lowest BCUT2D eigenvalue weighted by Gasteiger charge is -2.09. The molecule has 0 amide bonds. The van der Waals surface area contributed by atoms with Gasteiger partial charge in [-0.2, -0.15) is 0 Å². The summed E-state index contributed by atoms with van der Waals surface area (Å²) in [5.74, 6) is 0.436. The van der Waals surface area contributed by atoms with E-state index in [0.717, 1.165) is 5.56 Å². The molecule has 0 saturated heterocycles. The molecule has 0 spiro atoms. The number of sulfonamides is 1. The number of nitrogens with zero attached hydrogens (tertiary/aromatic N) is 1. The van der Waals surface area contributed by atoms with E-state index in [1.54, 1.807) is 0 Å². The van der Waals surface area contributed by atoms with Crippen LogP contribution in [0.15, 0.2) is 48.5 Å². The Morgan fingerprint density at radius 2 is 1.71 bits per heavy atom. The van der Waals surface area contributed by atoms with E-state index in [-0.39, 0.29) is 24.6 Å². The highest BCUT2D eigenvalue weighted by molar-refractivity contribution is 7.88. The van der Waals surface area contributed by atoms with E-state index in [1.165, 1.54) is 24.3 Å². The summed E-state index contributed by atoms with van der Waals surface area (Å²) in [6.07, 6.45) is 0. The number of nitro groups is 1. The second-order valence-corrected chi connectivity index (χ2v) is 7.05. The molecule has 8 heteroatoms. The zero-order valence-electron chi connectivity index (χ0n) is 13.1. The van der Waals surface area contributed by atoms with Crippen LogP contribution in [0.2, 0.25) is 0 Å². The molecule has 0 unspecified atom stereocenters. The first-order valence-corrected chi connectivity index (χ1v) is 8.91. The first kappa shape index (κ1) is 17.9. The van der Waals surface area contributed by atoms with E-state index in [4.69, 9.17) is 4.74 Å². The number of rotatable bonds is 8. The maximum atomic E-state index is 12.0. The molecule has 24 heavy (non-hydrogen) atoms. The summed E-state index contributed by atoms with van der Waals surface area (Å²) in [6, 6.07) is 12.9. The molecule has 2 rings (SSSR count). The van der Waals surface area contributed by atoms with Gasteiger partial charge in [0.25, 0.3) is 5.69 Å². The maximum Gasteiger partial charge on any atom is 0.269 e. The average molecular weight is 350 g/mol. The van der Waals surface area contributed by atoms with E-state index < -0.39 is 14.9 Å². The first-order valence-electron chi connectivity index (χ1n) is 7.26. The Kier molecular flexibility index (Phi) is 5.88. The van der Waals surface area contributed by atoms with Crippen molar-refractivity contribution in [2.45, 2.75) is 12.7 Å². The van der Waals surface area contributed by atoms with Crippen molar-refractivity contribution in [2.24, 2.45) is 0 Å². The largest absolute Gasteiger partial charge is 0.492 e. The molecular formula is C16H18N2O5S. The molecule has 0 saturated carbocycles. The van der Waals surface area contributed by atoms with Gasteiger partial charge in [0.2, 0.25) is 10.0 Å². The Labute approximate surface area is 140 Å². The van der Waals surface area contributed by atoms with Crippen molar-refractivity contribution >= 4 is 15.7 Å². The van der Waals surface area contributed by atoms with Crippen LogP contribution < -0.4 is 9.46 Å². The number of benzene rings is 2. The quantitative estimate of drug-likeness (QED) is 0.448. The zero-order chi connectivity index (χ0) is 17.6. The number of non-ortho nitro benzene ring substituents is 1. The van der Waals surface area contributed by atoms with Gasteiger partial charge in [0.05, 0.1) is 10.7 Å². The molecular weight excluding hydrogens is 332 g/mol. The van der Waals surface area contributed by atoms with Crippen molar-refractivity contribution in [1.82, 2.24) is 4.72 Å². The number of ether oxygens (including phenoxy) is 1. The smallest absolute Gasteiger partial charge is 0.269 e. The second kappa shape index (κ2) is 7.89. The second-order valence-electron chi connectivity index (χ2n) is 5.24. The summed E-state index contributed by atoms with van der Waals surface area (Å²) in [5, 5.41) is 10.6. The molecule has 1 N–H and O–H groups in total. The molecule has 0 fully saturated rings. The van der Waals surface area contributed by atoms with Gasteiger partial charge in [-0.1, -0.05) is 29.8 Å². The van der Waals surface area contributed by atoms with Crippen molar-refractivity contribution in [3.05, 3.63) is 69.8 Å². The molecule has 0 heterocycles. The third-order valence-electron chi connectivity index (χ3n) is 3.22. The minimum atomic E-state index is -3.53. The van der Waals surface area contributed by atoms with Gasteiger partial charge in [0, 0.05) is 18.7 Å². The minimum Gasteiger partial charge on any atom is -0.492 e. The highest BCUT2D eigenvalue weighted by Gasteiger charge is 2.12. The van der Waals surface area contributed by atoms with Crippen LogP contribution in [-0.4, -0.2) is 26.5 Å². The van der Waals surface area contributed by atoms with Crippen LogP contribution in [-0.2, 0) is 15.8 Å². The molecule has 0 aliphatic heterocycles. The number of hydrogen-bond donors (Lipinski definition) is 1. The highest BCUT2D eigenvalue weighted by Crippen LogP contribution is 2.14. The maximum absolute atomic E-state index is 12.0. The van der Waals surface area contributed by atoms with Gasteiger partial charge < -0.3 is 4.74 Å². The molecule has 0 aliphatic carbocycles. The monoisotopic (exact) mass is 350 g/mol. The van der Waals surface area contributed by atoms with Gasteiger partial charge in [-0.15, -0.1) is 0 Å². The van der Waals surface area contributed by atoms with Crippen LogP contribution >= 0.6 is 0 Å². The van der Waals surface area contributed by atoms with Crippen LogP contribution in [0.25, 0.3) is 0 Å². The Bertz CT molecular complexity index is 786. The Balaban J connectivity index is 1.80. The summed E-state index contributed by atoms with van der Waals surface area (Å²) >= 11 is 0. The Morgan fingerprint density at radius 3 is 2.29 bits per heavy atom. The van der Waals surface area contributed by atoms with Gasteiger partial charge in [-0.3, -0.25) is 10.1 Å². The first-order chi connectivity index (χ1) is 11.4. The van der Waals surface area contributed by atoms with Crippen molar-refractivity contribution in [3.63, 3.8) is 0 Å². The lowest BCUT2D eigenvalue weighted by Crippen LogP contribution is -2.29. The summed E-state index contributed by atoms with van der Waals surface area (Å²) < 4.78 is 31.8. The normalized spacial score (nSPS) is 11.2. The number of hydrogen-bond acceptors (Lipinski definition) is 5. The zero-order valence-corrected chi connectivity index (χ0v) is 14.0. The van der Waals surface area contributed by atoms with Crippen LogP contribution in [0, 0.1) is 17.0 Å². The summed E-state index contributed by atoms with van der Waals surface area (Å²) in [6.45, 7) is 2.32. The molecule has 0 atom stereocenters. The molecule has 2 aromatic rings. The van der Waals surface area contributed by atoms with E-state index >= 15 is 0 Å². The summed E-state index contributed by atoms with van der Waals surface area (Å²) in [5.41, 5.74) is 1.52. The highest BCUT2D eigenvalue weighted by atomic mass is 32.2. The SMILES string of the molecule is Cc1ccc(OCCNS(=O)(=O)Cc2ccc([N+](=O)[O-])cc2)cc1. The number of aryl methyl sites for hydroxylation is 1. The van der Waals surface area contributed by atoms with Gasteiger partial charge in [-0.25, -0.2) is 13.1 Å². The molecule has 0 radical (unpaired) electrons. The summed E-state index contributed by atoms with van der Waals surface area (Å²) in [4.78, 5) is 10.0. The van der Waals surface area contributed by atoms with Crippen molar-refractivity contribution in [3.8, 4) is 5.75 Å². The van der Waals surface area contributed by atoms with Crippen molar-refractivity contribution < 1.29 is 18.1 Å². The lowest BCUT2D eigenvalue weighted by molar-refractivity contribution is -0.384. The standard InChI is InChI=1S/C16H18N2O5S/c1-13-2-8-16(9-3-13)23-11-10-17-24(21,22)12-14-4-6-15(7-5-14)18(19)20/h2-9,17H,10-12H2,1H3. The average Bonchev–Trinajstić information content (AvgIpc) is 2.53. The van der Waals surface area contributed by atoms with E-state index in [0.29, 0.717) is 11.3 Å². The van der Waals surface area contributed by atoms with Gasteiger partial charge in [0.1, 0.15) is 12.4 Å². The molecule has 0 aliphatic rings. The van der Waals surface area contributed by atoms with Crippen LogP contribution in [0.1, 0.15) is 11.1 Å². The topological polar surface area (TPSA) is 98.5 Å². The fourth-order valence-electron chi connectivity index (χ4n) is 1.98. The molecule has 7 nitrogen and oxygen atoms in total. The van der Waals surface area contributed by atoms with Gasteiger partial charge in [-0.05, 0) is 24.6 Å². The van der Waals surface area contributed by atoms with Gasteiger partial charge >= 0.3 is 0 Å². The van der Waals surface area contributed by atoms with Crippen molar-refractivity contribution in [1.29, 1.82) is 0 Å². The minimum absolute atomic E-state index is 0.0735. The summed E-state index contributed by atoms with van der Waals surface area (Å²) in [7, 11) is -3.53.